The van der Waals surface area contributed by atoms with Crippen molar-refractivity contribution in [1.82, 2.24) is 4.98 Å². The summed E-state index contributed by atoms with van der Waals surface area (Å²) in [7, 11) is 0. The fraction of sp³-hybridized carbons (Fsp3) is 0.250. The Bertz CT molecular complexity index is 854. The van der Waals surface area contributed by atoms with Gasteiger partial charge in [0.2, 0.25) is 5.76 Å². The zero-order valence-electron chi connectivity index (χ0n) is 11.4. The molecule has 4 rings (SSSR count). The summed E-state index contributed by atoms with van der Waals surface area (Å²) < 4.78 is 11.1. The number of aryl methyl sites for hydroxylation is 1. The van der Waals surface area contributed by atoms with E-state index < -0.39 is 5.97 Å². The van der Waals surface area contributed by atoms with Crippen molar-refractivity contribution < 1.29 is 18.7 Å². The van der Waals surface area contributed by atoms with Gasteiger partial charge in [-0.25, -0.2) is 9.78 Å². The maximum absolute atomic E-state index is 11.3. The Kier molecular flexibility index (Phi) is 2.45. The van der Waals surface area contributed by atoms with Gasteiger partial charge in [-0.15, -0.1) is 0 Å². The average molecular weight is 283 g/mol. The second kappa shape index (κ2) is 4.22. The summed E-state index contributed by atoms with van der Waals surface area (Å²) in [6.07, 6.45) is 1.93. The van der Waals surface area contributed by atoms with Gasteiger partial charge in [0.15, 0.2) is 5.76 Å². The molecule has 1 aliphatic rings. The number of benzene rings is 1. The minimum atomic E-state index is -1.08. The number of aromatic nitrogens is 1. The number of nitrogens with zero attached hydrogens (tertiary/aromatic N) is 1. The Balaban J connectivity index is 1.84. The topological polar surface area (TPSA) is 76.5 Å². The lowest BCUT2D eigenvalue weighted by Gasteiger charge is -1.89. The number of carbonyl (C=O) groups is 1. The van der Waals surface area contributed by atoms with Crippen LogP contribution in [0.3, 0.4) is 0 Å². The van der Waals surface area contributed by atoms with Crippen LogP contribution in [0.1, 0.15) is 40.6 Å². The third-order valence-electron chi connectivity index (χ3n) is 3.69. The largest absolute Gasteiger partial charge is 0.475 e. The molecule has 5 heteroatoms. The van der Waals surface area contributed by atoms with Crippen molar-refractivity contribution in [1.29, 1.82) is 0 Å². The molecule has 0 radical (unpaired) electrons. The van der Waals surface area contributed by atoms with Crippen LogP contribution in [0.2, 0.25) is 0 Å². The third-order valence-corrected chi connectivity index (χ3v) is 3.69. The van der Waals surface area contributed by atoms with Crippen molar-refractivity contribution in [2.24, 2.45) is 0 Å². The van der Waals surface area contributed by atoms with Gasteiger partial charge < -0.3 is 13.9 Å². The number of oxazole rings is 1. The molecule has 0 aliphatic heterocycles. The van der Waals surface area contributed by atoms with E-state index >= 15 is 0 Å². The Morgan fingerprint density at radius 1 is 1.29 bits per heavy atom. The molecule has 2 aromatic heterocycles. The molecule has 106 valence electrons. The third kappa shape index (κ3) is 2.01. The summed E-state index contributed by atoms with van der Waals surface area (Å²) in [4.78, 5) is 15.6. The molecule has 1 fully saturated rings. The molecule has 0 spiro atoms. The number of carboxylic acids is 1. The normalized spacial score (nSPS) is 14.7. The van der Waals surface area contributed by atoms with E-state index in [1.54, 1.807) is 0 Å². The summed E-state index contributed by atoms with van der Waals surface area (Å²) >= 11 is 0. The van der Waals surface area contributed by atoms with E-state index in [2.05, 4.69) is 4.98 Å². The Morgan fingerprint density at radius 2 is 2.10 bits per heavy atom. The van der Waals surface area contributed by atoms with Crippen LogP contribution in [0, 0.1) is 6.92 Å². The number of hydrogen-bond acceptors (Lipinski definition) is 4. The van der Waals surface area contributed by atoms with Crippen molar-refractivity contribution in [3.05, 3.63) is 41.3 Å². The first-order chi connectivity index (χ1) is 10.1. The zero-order valence-corrected chi connectivity index (χ0v) is 11.4. The highest BCUT2D eigenvalue weighted by molar-refractivity contribution is 5.87. The highest BCUT2D eigenvalue weighted by Crippen LogP contribution is 2.42. The number of aromatic carboxylic acids is 1. The Morgan fingerprint density at radius 3 is 2.81 bits per heavy atom. The molecular weight excluding hydrogens is 270 g/mol. The van der Waals surface area contributed by atoms with Crippen molar-refractivity contribution in [3.63, 3.8) is 0 Å². The summed E-state index contributed by atoms with van der Waals surface area (Å²) in [6, 6.07) is 7.68. The van der Waals surface area contributed by atoms with Gasteiger partial charge in [-0.3, -0.25) is 0 Å². The maximum Gasteiger partial charge on any atom is 0.373 e. The van der Waals surface area contributed by atoms with Crippen LogP contribution in [-0.2, 0) is 0 Å². The highest BCUT2D eigenvalue weighted by Gasteiger charge is 2.34. The molecule has 0 saturated heterocycles. The van der Waals surface area contributed by atoms with E-state index in [0.29, 0.717) is 11.5 Å². The van der Waals surface area contributed by atoms with Crippen molar-refractivity contribution >= 4 is 16.9 Å². The van der Waals surface area contributed by atoms with E-state index in [0.717, 1.165) is 29.4 Å². The standard InChI is InChI=1S/C16H13NO4/c1-8-2-5-11-10(6-8)7-12(20-11)15-17-13(9-3-4-9)14(21-15)16(18)19/h2,5-7,9H,3-4H2,1H3,(H,18,19). The van der Waals surface area contributed by atoms with Gasteiger partial charge in [-0.05, 0) is 38.0 Å². The van der Waals surface area contributed by atoms with Gasteiger partial charge in [0.25, 0.3) is 5.89 Å². The molecule has 1 aliphatic carbocycles. The fourth-order valence-corrected chi connectivity index (χ4v) is 2.49. The van der Waals surface area contributed by atoms with Crippen LogP contribution in [-0.4, -0.2) is 16.1 Å². The molecule has 1 N–H and O–H groups in total. The minimum absolute atomic E-state index is 0.0656. The van der Waals surface area contributed by atoms with Crippen LogP contribution in [0.5, 0.6) is 0 Å². The second-order valence-corrected chi connectivity index (χ2v) is 5.46. The summed E-state index contributed by atoms with van der Waals surface area (Å²) in [6.45, 7) is 2.00. The summed E-state index contributed by atoms with van der Waals surface area (Å²) in [5.41, 5.74) is 2.40. The molecular formula is C16H13NO4. The van der Waals surface area contributed by atoms with Crippen LogP contribution in [0.15, 0.2) is 33.1 Å². The zero-order chi connectivity index (χ0) is 14.6. The van der Waals surface area contributed by atoms with E-state index in [-0.39, 0.29) is 17.6 Å². The van der Waals surface area contributed by atoms with E-state index in [1.807, 2.05) is 31.2 Å². The van der Waals surface area contributed by atoms with Gasteiger partial charge in [0.05, 0.1) is 5.69 Å². The average Bonchev–Trinajstić information content (AvgIpc) is 3.04. The first-order valence-corrected chi connectivity index (χ1v) is 6.86. The monoisotopic (exact) mass is 283 g/mol. The first kappa shape index (κ1) is 12.2. The van der Waals surface area contributed by atoms with Crippen molar-refractivity contribution in [2.45, 2.75) is 25.7 Å². The molecule has 0 unspecified atom stereocenters. The van der Waals surface area contributed by atoms with E-state index in [1.165, 1.54) is 0 Å². The lowest BCUT2D eigenvalue weighted by atomic mass is 10.2. The minimum Gasteiger partial charge on any atom is -0.475 e. The van der Waals surface area contributed by atoms with Crippen molar-refractivity contribution in [3.8, 4) is 11.7 Å². The SMILES string of the molecule is Cc1ccc2oc(-c3nc(C4CC4)c(C(=O)O)o3)cc2c1. The molecule has 3 aromatic rings. The fourth-order valence-electron chi connectivity index (χ4n) is 2.49. The van der Waals surface area contributed by atoms with Gasteiger partial charge in [0.1, 0.15) is 5.58 Å². The molecule has 1 saturated carbocycles. The second-order valence-electron chi connectivity index (χ2n) is 5.46. The summed E-state index contributed by atoms with van der Waals surface area (Å²) in [5.74, 6) is -0.236. The molecule has 21 heavy (non-hydrogen) atoms. The van der Waals surface area contributed by atoms with Gasteiger partial charge in [-0.2, -0.15) is 0 Å². The van der Waals surface area contributed by atoms with E-state index in [4.69, 9.17) is 8.83 Å². The lowest BCUT2D eigenvalue weighted by Crippen LogP contribution is -1.98. The molecule has 5 nitrogen and oxygen atoms in total. The molecule has 0 bridgehead atoms. The molecule has 0 amide bonds. The lowest BCUT2D eigenvalue weighted by molar-refractivity contribution is 0.0661. The van der Waals surface area contributed by atoms with Crippen LogP contribution in [0.25, 0.3) is 22.6 Å². The number of rotatable bonds is 3. The predicted octanol–water partition coefficient (Wildman–Crippen LogP) is 3.97. The van der Waals surface area contributed by atoms with E-state index in [9.17, 15) is 9.90 Å². The van der Waals surface area contributed by atoms with Crippen LogP contribution in [0.4, 0.5) is 0 Å². The quantitative estimate of drug-likeness (QED) is 0.787. The van der Waals surface area contributed by atoms with Crippen molar-refractivity contribution in [2.75, 3.05) is 0 Å². The first-order valence-electron chi connectivity index (χ1n) is 6.86. The van der Waals surface area contributed by atoms with Gasteiger partial charge in [0, 0.05) is 11.3 Å². The van der Waals surface area contributed by atoms with Crippen LogP contribution < -0.4 is 0 Å². The number of furan rings is 1. The summed E-state index contributed by atoms with van der Waals surface area (Å²) in [5, 5.41) is 10.2. The number of carboxylic acid groups (broad SMARTS) is 1. The number of fused-ring (bicyclic) bond motifs is 1. The smallest absolute Gasteiger partial charge is 0.373 e. The van der Waals surface area contributed by atoms with Crippen LogP contribution >= 0.6 is 0 Å². The number of hydrogen-bond donors (Lipinski definition) is 1. The maximum atomic E-state index is 11.3. The van der Waals surface area contributed by atoms with Gasteiger partial charge >= 0.3 is 5.97 Å². The Labute approximate surface area is 120 Å². The molecule has 1 aromatic carbocycles. The predicted molar refractivity (Wildman–Crippen MR) is 75.4 cm³/mol. The highest BCUT2D eigenvalue weighted by atomic mass is 16.4. The molecule has 2 heterocycles. The van der Waals surface area contributed by atoms with Gasteiger partial charge in [-0.1, -0.05) is 11.6 Å². The molecule has 0 atom stereocenters. The Hall–Kier alpha value is -2.56.